The summed E-state index contributed by atoms with van der Waals surface area (Å²) in [5.41, 5.74) is 6.77. The number of nitrogens with zero attached hydrogens (tertiary/aromatic N) is 1. The Kier molecular flexibility index (Phi) is 7.07. The number of non-ortho nitro benzene ring substituents is 1. The van der Waals surface area contributed by atoms with Crippen molar-refractivity contribution >= 4 is 11.6 Å². The molecule has 2 atom stereocenters. The van der Waals surface area contributed by atoms with Crippen LogP contribution in [-0.2, 0) is 11.2 Å². The second-order valence-corrected chi connectivity index (χ2v) is 5.76. The average Bonchev–Trinajstić information content (AvgIpc) is 2.65. The van der Waals surface area contributed by atoms with Crippen LogP contribution in [0.4, 0.5) is 5.69 Å². The van der Waals surface area contributed by atoms with Crippen LogP contribution < -0.4 is 15.8 Å². The molecule has 26 heavy (non-hydrogen) atoms. The van der Waals surface area contributed by atoms with Crippen LogP contribution in [0.1, 0.15) is 5.56 Å². The highest BCUT2D eigenvalue weighted by atomic mass is 16.6. The summed E-state index contributed by atoms with van der Waals surface area (Å²) in [6.45, 7) is -0.0691. The first-order valence-corrected chi connectivity index (χ1v) is 8.08. The van der Waals surface area contributed by atoms with E-state index in [0.717, 1.165) is 5.56 Å². The van der Waals surface area contributed by atoms with Gasteiger partial charge >= 0.3 is 0 Å². The average molecular weight is 359 g/mol. The molecule has 1 unspecified atom stereocenters. The predicted octanol–water partition coefficient (Wildman–Crippen LogP) is 1.02. The maximum absolute atomic E-state index is 12.0. The van der Waals surface area contributed by atoms with Gasteiger partial charge in [-0.2, -0.15) is 0 Å². The fourth-order valence-corrected chi connectivity index (χ4v) is 2.23. The number of aliphatic hydroxyl groups excluding tert-OH is 1. The molecular formula is C18H21N3O5. The lowest BCUT2D eigenvalue weighted by molar-refractivity contribution is -0.384. The fraction of sp³-hybridized carbons (Fsp3) is 0.278. The molecule has 0 aliphatic rings. The summed E-state index contributed by atoms with van der Waals surface area (Å²) in [7, 11) is 0. The van der Waals surface area contributed by atoms with E-state index in [-0.39, 0.29) is 24.7 Å². The summed E-state index contributed by atoms with van der Waals surface area (Å²) < 4.78 is 5.34. The van der Waals surface area contributed by atoms with Gasteiger partial charge in [-0.3, -0.25) is 14.9 Å². The summed E-state index contributed by atoms with van der Waals surface area (Å²) in [4.78, 5) is 22.0. The van der Waals surface area contributed by atoms with Crippen LogP contribution in [0.5, 0.6) is 5.75 Å². The van der Waals surface area contributed by atoms with Gasteiger partial charge in [0, 0.05) is 18.7 Å². The highest BCUT2D eigenvalue weighted by molar-refractivity contribution is 5.81. The zero-order valence-electron chi connectivity index (χ0n) is 14.1. The number of nitrogens with one attached hydrogen (secondary N) is 1. The zero-order valence-corrected chi connectivity index (χ0v) is 14.1. The van der Waals surface area contributed by atoms with Gasteiger partial charge in [0.15, 0.2) is 0 Å². The number of hydrogen-bond donors (Lipinski definition) is 3. The van der Waals surface area contributed by atoms with Gasteiger partial charge in [-0.15, -0.1) is 0 Å². The molecule has 2 aromatic carbocycles. The van der Waals surface area contributed by atoms with Crippen molar-refractivity contribution in [2.45, 2.75) is 18.6 Å². The first-order valence-electron chi connectivity index (χ1n) is 8.08. The Hall–Kier alpha value is -2.97. The molecule has 8 nitrogen and oxygen atoms in total. The van der Waals surface area contributed by atoms with Gasteiger partial charge in [0.25, 0.3) is 5.69 Å². The number of hydrogen-bond acceptors (Lipinski definition) is 6. The van der Waals surface area contributed by atoms with Crippen LogP contribution in [0.15, 0.2) is 54.6 Å². The third kappa shape index (κ3) is 6.15. The molecule has 0 spiro atoms. The summed E-state index contributed by atoms with van der Waals surface area (Å²) in [6, 6.07) is 14.2. The molecule has 0 radical (unpaired) electrons. The van der Waals surface area contributed by atoms with E-state index in [2.05, 4.69) is 5.32 Å². The first kappa shape index (κ1) is 19.4. The van der Waals surface area contributed by atoms with E-state index in [4.69, 9.17) is 10.5 Å². The molecule has 2 rings (SSSR count). The lowest BCUT2D eigenvalue weighted by atomic mass is 10.1. The van der Waals surface area contributed by atoms with E-state index in [1.54, 1.807) is 0 Å². The second kappa shape index (κ2) is 9.50. The number of carbonyl (C=O) groups excluding carboxylic acids is 1. The van der Waals surface area contributed by atoms with Crippen molar-refractivity contribution in [3.05, 3.63) is 70.3 Å². The van der Waals surface area contributed by atoms with E-state index in [0.29, 0.717) is 12.2 Å². The largest absolute Gasteiger partial charge is 0.491 e. The highest BCUT2D eigenvalue weighted by Crippen LogP contribution is 2.17. The van der Waals surface area contributed by atoms with Gasteiger partial charge in [0.05, 0.1) is 11.0 Å². The molecule has 8 heteroatoms. The monoisotopic (exact) mass is 359 g/mol. The summed E-state index contributed by atoms with van der Waals surface area (Å²) in [5.74, 6) is 0.0324. The molecule has 2 aromatic rings. The molecule has 1 amide bonds. The number of aliphatic hydroxyl groups is 1. The molecule has 4 N–H and O–H groups in total. The molecule has 138 valence electrons. The van der Waals surface area contributed by atoms with E-state index >= 15 is 0 Å². The number of carbonyl (C=O) groups is 1. The Bertz CT molecular complexity index is 721. The predicted molar refractivity (Wildman–Crippen MR) is 95.7 cm³/mol. The van der Waals surface area contributed by atoms with Gasteiger partial charge in [0.1, 0.15) is 18.5 Å². The number of rotatable bonds is 9. The van der Waals surface area contributed by atoms with Crippen LogP contribution in [0.3, 0.4) is 0 Å². The molecule has 0 saturated heterocycles. The number of nitro groups is 1. The van der Waals surface area contributed by atoms with E-state index < -0.39 is 17.1 Å². The van der Waals surface area contributed by atoms with Crippen LogP contribution in [-0.4, -0.2) is 41.2 Å². The van der Waals surface area contributed by atoms with Gasteiger partial charge < -0.3 is 20.9 Å². The van der Waals surface area contributed by atoms with Crippen molar-refractivity contribution in [1.82, 2.24) is 5.32 Å². The van der Waals surface area contributed by atoms with Crippen LogP contribution >= 0.6 is 0 Å². The Morgan fingerprint density at radius 1 is 1.19 bits per heavy atom. The molecule has 0 heterocycles. The van der Waals surface area contributed by atoms with Crippen molar-refractivity contribution in [2.75, 3.05) is 13.2 Å². The number of ether oxygens (including phenoxy) is 1. The van der Waals surface area contributed by atoms with Gasteiger partial charge in [0.2, 0.25) is 5.91 Å². The van der Waals surface area contributed by atoms with E-state index in [1.165, 1.54) is 24.3 Å². The SMILES string of the molecule is N[C@@H](Cc1ccccc1)C(=O)NCC(O)COc1ccc([N+](=O)[O-])cc1. The highest BCUT2D eigenvalue weighted by Gasteiger charge is 2.15. The second-order valence-electron chi connectivity index (χ2n) is 5.76. The van der Waals surface area contributed by atoms with E-state index in [9.17, 15) is 20.0 Å². The van der Waals surface area contributed by atoms with Gasteiger partial charge in [-0.25, -0.2) is 0 Å². The van der Waals surface area contributed by atoms with Gasteiger partial charge in [-0.05, 0) is 24.1 Å². The molecular weight excluding hydrogens is 338 g/mol. The van der Waals surface area contributed by atoms with E-state index in [1.807, 2.05) is 30.3 Å². The van der Waals surface area contributed by atoms with Crippen molar-refractivity contribution < 1.29 is 19.6 Å². The lowest BCUT2D eigenvalue weighted by Crippen LogP contribution is -2.45. The number of nitrogens with two attached hydrogens (primary N) is 1. The number of amides is 1. The number of nitro benzene ring substituents is 1. The Balaban J connectivity index is 1.71. The zero-order chi connectivity index (χ0) is 18.9. The van der Waals surface area contributed by atoms with Crippen molar-refractivity contribution in [2.24, 2.45) is 5.73 Å². The topological polar surface area (TPSA) is 128 Å². The maximum atomic E-state index is 12.0. The molecule has 0 bridgehead atoms. The van der Waals surface area contributed by atoms with Crippen molar-refractivity contribution in [3.63, 3.8) is 0 Å². The van der Waals surface area contributed by atoms with Crippen molar-refractivity contribution in [1.29, 1.82) is 0 Å². The van der Waals surface area contributed by atoms with Crippen molar-refractivity contribution in [3.8, 4) is 5.75 Å². The summed E-state index contributed by atoms with van der Waals surface area (Å²) in [6.07, 6.45) is -0.528. The van der Waals surface area contributed by atoms with Crippen LogP contribution in [0, 0.1) is 10.1 Å². The molecule has 0 saturated carbocycles. The Morgan fingerprint density at radius 2 is 1.85 bits per heavy atom. The molecule has 0 aromatic heterocycles. The third-order valence-electron chi connectivity index (χ3n) is 3.64. The first-order chi connectivity index (χ1) is 12.5. The minimum Gasteiger partial charge on any atom is -0.491 e. The number of benzene rings is 2. The third-order valence-corrected chi connectivity index (χ3v) is 3.64. The Labute approximate surface area is 150 Å². The minimum absolute atomic E-state index is 0.00565. The maximum Gasteiger partial charge on any atom is 0.269 e. The molecule has 0 aliphatic carbocycles. The normalized spacial score (nSPS) is 12.8. The summed E-state index contributed by atoms with van der Waals surface area (Å²) >= 11 is 0. The quantitative estimate of drug-likeness (QED) is 0.453. The molecule has 0 fully saturated rings. The summed E-state index contributed by atoms with van der Waals surface area (Å²) in [5, 5.41) is 23.0. The molecule has 0 aliphatic heterocycles. The lowest BCUT2D eigenvalue weighted by Gasteiger charge is -2.16. The van der Waals surface area contributed by atoms with Crippen LogP contribution in [0.2, 0.25) is 0 Å². The smallest absolute Gasteiger partial charge is 0.269 e. The minimum atomic E-state index is -0.932. The van der Waals surface area contributed by atoms with Crippen LogP contribution in [0.25, 0.3) is 0 Å². The van der Waals surface area contributed by atoms with Gasteiger partial charge in [-0.1, -0.05) is 30.3 Å². The Morgan fingerprint density at radius 3 is 2.46 bits per heavy atom. The standard InChI is InChI=1S/C18H21N3O5/c19-17(10-13-4-2-1-3-5-13)18(23)20-11-15(22)12-26-16-8-6-14(7-9-16)21(24)25/h1-9,15,17,22H,10-12,19H2,(H,20,23)/t15?,17-/m0/s1. The fourth-order valence-electron chi connectivity index (χ4n) is 2.23.